The molecule has 4 aromatic rings. The van der Waals surface area contributed by atoms with Crippen LogP contribution in [0.3, 0.4) is 0 Å². The van der Waals surface area contributed by atoms with Crippen LogP contribution in [0.1, 0.15) is 28.3 Å². The highest BCUT2D eigenvalue weighted by molar-refractivity contribution is 7.98. The van der Waals surface area contributed by atoms with Crippen molar-refractivity contribution in [2.24, 2.45) is 0 Å². The predicted octanol–water partition coefficient (Wildman–Crippen LogP) is 5.24. The molecule has 0 aliphatic carbocycles. The fourth-order valence-corrected chi connectivity index (χ4v) is 5.02. The van der Waals surface area contributed by atoms with Gasteiger partial charge in [-0.2, -0.15) is 0 Å². The van der Waals surface area contributed by atoms with E-state index < -0.39 is 0 Å². The van der Waals surface area contributed by atoms with Crippen LogP contribution in [-0.4, -0.2) is 26.4 Å². The number of aromatic nitrogens is 3. The van der Waals surface area contributed by atoms with Gasteiger partial charge >= 0.3 is 0 Å². The van der Waals surface area contributed by atoms with E-state index in [1.807, 2.05) is 49.4 Å². The summed E-state index contributed by atoms with van der Waals surface area (Å²) >= 11 is 7.55. The summed E-state index contributed by atoms with van der Waals surface area (Å²) in [6, 6.07) is 17.7. The van der Waals surface area contributed by atoms with Crippen LogP contribution in [0.15, 0.2) is 69.0 Å². The van der Waals surface area contributed by atoms with E-state index in [2.05, 4.69) is 27.0 Å². The van der Waals surface area contributed by atoms with Gasteiger partial charge in [-0.15, -0.1) is 0 Å². The summed E-state index contributed by atoms with van der Waals surface area (Å²) in [6.07, 6.45) is 0.765. The van der Waals surface area contributed by atoms with Crippen LogP contribution in [0, 0.1) is 6.92 Å². The van der Waals surface area contributed by atoms with E-state index in [1.165, 1.54) is 17.3 Å². The molecule has 2 aromatic carbocycles. The Kier molecular flexibility index (Phi) is 6.35. The molecule has 0 fully saturated rings. The first-order chi connectivity index (χ1) is 16.0. The normalized spacial score (nSPS) is 13.8. The van der Waals surface area contributed by atoms with Gasteiger partial charge in [0.15, 0.2) is 5.16 Å². The Morgan fingerprint density at radius 2 is 2.00 bits per heavy atom. The lowest BCUT2D eigenvalue weighted by atomic mass is 10.1. The molecule has 0 radical (unpaired) electrons. The lowest BCUT2D eigenvalue weighted by molar-refractivity contribution is 0.241. The van der Waals surface area contributed by atoms with Gasteiger partial charge in [-0.05, 0) is 30.7 Å². The van der Waals surface area contributed by atoms with Gasteiger partial charge in [-0.1, -0.05) is 59.8 Å². The fourth-order valence-electron chi connectivity index (χ4n) is 3.95. The molecule has 0 saturated heterocycles. The van der Waals surface area contributed by atoms with Crippen LogP contribution in [-0.2, 0) is 25.3 Å². The van der Waals surface area contributed by atoms with Gasteiger partial charge in [0.05, 0.1) is 17.0 Å². The second-order valence-electron chi connectivity index (χ2n) is 8.06. The summed E-state index contributed by atoms with van der Waals surface area (Å²) in [4.78, 5) is 27.4. The summed E-state index contributed by atoms with van der Waals surface area (Å²) in [6.45, 7) is 4.22. The molecular formula is C25H23ClN4O2S. The highest BCUT2D eigenvalue weighted by atomic mass is 35.5. The third-order valence-electron chi connectivity index (χ3n) is 5.68. The quantitative estimate of drug-likeness (QED) is 0.302. The SMILES string of the molecule is Cc1oc(-c2cccc(Cl)c2)nc1CSc1nc2c(c(=O)[nH]1)CN(Cc1ccccc1)CC2. The van der Waals surface area contributed by atoms with Crippen molar-refractivity contribution < 1.29 is 4.42 Å². The molecular weight excluding hydrogens is 456 g/mol. The largest absolute Gasteiger partial charge is 0.441 e. The summed E-state index contributed by atoms with van der Waals surface area (Å²) in [5.41, 5.74) is 4.51. The highest BCUT2D eigenvalue weighted by Crippen LogP contribution is 2.28. The second-order valence-corrected chi connectivity index (χ2v) is 9.46. The standard InChI is InChI=1S/C25H23ClN4O2S/c1-16-22(27-24(32-16)18-8-5-9-19(26)12-18)15-33-25-28-21-10-11-30(14-20(21)23(31)29-25)13-17-6-3-2-4-7-17/h2-9,12H,10-11,13-15H2,1H3,(H,28,29,31). The van der Waals surface area contributed by atoms with Gasteiger partial charge in [0.1, 0.15) is 5.76 Å². The third kappa shape index (κ3) is 5.05. The predicted molar refractivity (Wildman–Crippen MR) is 130 cm³/mol. The zero-order valence-corrected chi connectivity index (χ0v) is 19.7. The molecule has 0 amide bonds. The number of rotatable bonds is 6. The maximum atomic E-state index is 12.8. The summed E-state index contributed by atoms with van der Waals surface area (Å²) in [7, 11) is 0. The lowest BCUT2D eigenvalue weighted by Crippen LogP contribution is -2.35. The smallest absolute Gasteiger partial charge is 0.256 e. The van der Waals surface area contributed by atoms with Crippen molar-refractivity contribution in [3.63, 3.8) is 0 Å². The number of aromatic amines is 1. The number of nitrogens with zero attached hydrogens (tertiary/aromatic N) is 3. The van der Waals surface area contributed by atoms with E-state index in [0.717, 1.165) is 47.8 Å². The fraction of sp³-hybridized carbons (Fsp3) is 0.240. The van der Waals surface area contributed by atoms with E-state index in [-0.39, 0.29) is 5.56 Å². The Morgan fingerprint density at radius 3 is 2.82 bits per heavy atom. The maximum Gasteiger partial charge on any atom is 0.256 e. The highest BCUT2D eigenvalue weighted by Gasteiger charge is 2.22. The van der Waals surface area contributed by atoms with E-state index in [4.69, 9.17) is 21.0 Å². The zero-order valence-electron chi connectivity index (χ0n) is 18.2. The molecule has 1 N–H and O–H groups in total. The number of aryl methyl sites for hydroxylation is 1. The molecule has 6 nitrogen and oxygen atoms in total. The molecule has 1 aliphatic rings. The molecule has 0 bridgehead atoms. The molecule has 8 heteroatoms. The molecule has 0 saturated carbocycles. The summed E-state index contributed by atoms with van der Waals surface area (Å²) in [5.74, 6) is 1.84. The van der Waals surface area contributed by atoms with Crippen molar-refractivity contribution in [3.8, 4) is 11.5 Å². The number of benzene rings is 2. The van der Waals surface area contributed by atoms with Gasteiger partial charge in [0, 0.05) is 42.4 Å². The number of hydrogen-bond acceptors (Lipinski definition) is 6. The molecule has 2 aromatic heterocycles. The molecule has 1 aliphatic heterocycles. The first-order valence-corrected chi connectivity index (χ1v) is 12.1. The first kappa shape index (κ1) is 21.9. The van der Waals surface area contributed by atoms with Crippen molar-refractivity contribution in [2.45, 2.75) is 37.3 Å². The number of nitrogens with one attached hydrogen (secondary N) is 1. The number of oxazole rings is 1. The zero-order chi connectivity index (χ0) is 22.8. The van der Waals surface area contributed by atoms with Gasteiger partial charge in [0.2, 0.25) is 5.89 Å². The molecule has 33 heavy (non-hydrogen) atoms. The molecule has 3 heterocycles. The Labute approximate surface area is 201 Å². The first-order valence-electron chi connectivity index (χ1n) is 10.8. The third-order valence-corrected chi connectivity index (χ3v) is 6.80. The Morgan fingerprint density at radius 1 is 1.15 bits per heavy atom. The molecule has 0 spiro atoms. The second kappa shape index (κ2) is 9.55. The topological polar surface area (TPSA) is 75.0 Å². The van der Waals surface area contributed by atoms with Crippen LogP contribution < -0.4 is 5.56 Å². The van der Waals surface area contributed by atoms with Gasteiger partial charge in [-0.25, -0.2) is 9.97 Å². The Bertz CT molecular complexity index is 1340. The van der Waals surface area contributed by atoms with Crippen molar-refractivity contribution in [1.82, 2.24) is 19.9 Å². The minimum absolute atomic E-state index is 0.0586. The van der Waals surface area contributed by atoms with Crippen LogP contribution >= 0.6 is 23.4 Å². The Balaban J connectivity index is 1.28. The lowest BCUT2D eigenvalue weighted by Gasteiger charge is -2.27. The van der Waals surface area contributed by atoms with E-state index in [9.17, 15) is 4.79 Å². The molecule has 168 valence electrons. The van der Waals surface area contributed by atoms with E-state index in [0.29, 0.717) is 28.4 Å². The van der Waals surface area contributed by atoms with E-state index >= 15 is 0 Å². The Hall–Kier alpha value is -2.87. The van der Waals surface area contributed by atoms with Gasteiger partial charge in [-0.3, -0.25) is 9.69 Å². The van der Waals surface area contributed by atoms with Crippen molar-refractivity contribution in [2.75, 3.05) is 6.54 Å². The van der Waals surface area contributed by atoms with Crippen LogP contribution in [0.2, 0.25) is 5.02 Å². The van der Waals surface area contributed by atoms with Crippen LogP contribution in [0.5, 0.6) is 0 Å². The van der Waals surface area contributed by atoms with Crippen molar-refractivity contribution >= 4 is 23.4 Å². The monoisotopic (exact) mass is 478 g/mol. The van der Waals surface area contributed by atoms with Gasteiger partial charge in [0.25, 0.3) is 5.56 Å². The van der Waals surface area contributed by atoms with Crippen LogP contribution in [0.25, 0.3) is 11.5 Å². The molecule has 0 atom stereocenters. The average Bonchev–Trinajstić information content (AvgIpc) is 3.19. The summed E-state index contributed by atoms with van der Waals surface area (Å²) in [5, 5.41) is 1.25. The summed E-state index contributed by atoms with van der Waals surface area (Å²) < 4.78 is 5.84. The number of hydrogen-bond donors (Lipinski definition) is 1. The van der Waals surface area contributed by atoms with Crippen LogP contribution in [0.4, 0.5) is 0 Å². The number of thioether (sulfide) groups is 1. The average molecular weight is 479 g/mol. The molecule has 0 unspecified atom stereocenters. The van der Waals surface area contributed by atoms with Gasteiger partial charge < -0.3 is 9.40 Å². The van der Waals surface area contributed by atoms with Crippen molar-refractivity contribution in [1.29, 1.82) is 0 Å². The van der Waals surface area contributed by atoms with Crippen molar-refractivity contribution in [3.05, 3.63) is 98.2 Å². The number of halogens is 1. The number of H-pyrrole nitrogens is 1. The number of fused-ring (bicyclic) bond motifs is 1. The van der Waals surface area contributed by atoms with E-state index in [1.54, 1.807) is 0 Å². The minimum atomic E-state index is -0.0586. The molecule has 5 rings (SSSR count). The maximum absolute atomic E-state index is 12.8. The minimum Gasteiger partial charge on any atom is -0.441 e.